The molecule has 80 valence electrons. The van der Waals surface area contributed by atoms with Crippen LogP contribution < -0.4 is 0 Å². The van der Waals surface area contributed by atoms with Gasteiger partial charge in [-0.1, -0.05) is 6.42 Å². The van der Waals surface area contributed by atoms with E-state index >= 15 is 0 Å². The molecule has 0 N–H and O–H groups in total. The van der Waals surface area contributed by atoms with E-state index in [1.165, 1.54) is 6.42 Å². The van der Waals surface area contributed by atoms with Crippen molar-refractivity contribution >= 4 is 5.91 Å². The summed E-state index contributed by atoms with van der Waals surface area (Å²) >= 11 is 0. The predicted octanol–water partition coefficient (Wildman–Crippen LogP) is 1.42. The Kier molecular flexibility index (Phi) is 2.77. The number of nitrogens with zero attached hydrogens (tertiary/aromatic N) is 1. The number of amides is 1. The molecule has 3 nitrogen and oxygen atoms in total. The zero-order valence-electron chi connectivity index (χ0n) is 9.03. The molecule has 0 aromatic carbocycles. The normalized spacial score (nSPS) is 34.0. The fourth-order valence-corrected chi connectivity index (χ4v) is 2.27. The molecule has 0 radical (unpaired) electrons. The highest BCUT2D eigenvalue weighted by Crippen LogP contribution is 2.29. The average molecular weight is 197 g/mol. The van der Waals surface area contributed by atoms with Crippen LogP contribution in [0.2, 0.25) is 0 Å². The zero-order chi connectivity index (χ0) is 10.1. The minimum Gasteiger partial charge on any atom is -0.372 e. The van der Waals surface area contributed by atoms with Gasteiger partial charge in [-0.05, 0) is 26.7 Å². The first-order chi connectivity index (χ1) is 6.66. The second-order valence-electron chi connectivity index (χ2n) is 4.63. The lowest BCUT2D eigenvalue weighted by atomic mass is 9.84. The molecule has 1 saturated heterocycles. The molecule has 2 fully saturated rings. The molecule has 1 aliphatic heterocycles. The monoisotopic (exact) mass is 197 g/mol. The van der Waals surface area contributed by atoms with Crippen LogP contribution in [0.25, 0.3) is 0 Å². The number of hydrogen-bond donors (Lipinski definition) is 0. The Hall–Kier alpha value is -0.570. The summed E-state index contributed by atoms with van der Waals surface area (Å²) in [6.07, 6.45) is 3.81. The molecule has 1 heterocycles. The Balaban J connectivity index is 1.92. The van der Waals surface area contributed by atoms with Crippen molar-refractivity contribution in [3.8, 4) is 0 Å². The Bertz CT molecular complexity index is 215. The molecule has 0 aromatic rings. The lowest BCUT2D eigenvalue weighted by molar-refractivity contribution is -0.149. The minimum absolute atomic E-state index is 0.197. The van der Waals surface area contributed by atoms with E-state index < -0.39 is 0 Å². The molecule has 1 aliphatic carbocycles. The van der Waals surface area contributed by atoms with E-state index in [4.69, 9.17) is 4.74 Å². The summed E-state index contributed by atoms with van der Waals surface area (Å²) in [6, 6.07) is 0. The summed E-state index contributed by atoms with van der Waals surface area (Å²) in [5.41, 5.74) is 0. The van der Waals surface area contributed by atoms with E-state index in [0.29, 0.717) is 11.8 Å². The van der Waals surface area contributed by atoms with Crippen LogP contribution in [0.15, 0.2) is 0 Å². The van der Waals surface area contributed by atoms with Crippen molar-refractivity contribution < 1.29 is 9.53 Å². The highest BCUT2D eigenvalue weighted by molar-refractivity contribution is 5.79. The summed E-state index contributed by atoms with van der Waals surface area (Å²) in [7, 11) is 0. The van der Waals surface area contributed by atoms with Crippen LogP contribution in [0.1, 0.15) is 33.1 Å². The van der Waals surface area contributed by atoms with Crippen LogP contribution in [0, 0.1) is 5.92 Å². The molecular formula is C11H19NO2. The maximum absolute atomic E-state index is 11.9. The number of ether oxygens (including phenoxy) is 1. The van der Waals surface area contributed by atoms with Crippen LogP contribution in [0.3, 0.4) is 0 Å². The van der Waals surface area contributed by atoms with Gasteiger partial charge in [-0.25, -0.2) is 0 Å². The molecule has 2 aliphatic rings. The SMILES string of the molecule is CC1CN(C(=O)C2CCC2)CC(C)O1. The second-order valence-corrected chi connectivity index (χ2v) is 4.63. The molecule has 2 rings (SSSR count). The van der Waals surface area contributed by atoms with Crippen LogP contribution >= 0.6 is 0 Å². The van der Waals surface area contributed by atoms with Gasteiger partial charge < -0.3 is 9.64 Å². The minimum atomic E-state index is 0.197. The highest BCUT2D eigenvalue weighted by atomic mass is 16.5. The summed E-state index contributed by atoms with van der Waals surface area (Å²) in [4.78, 5) is 13.9. The first-order valence-electron chi connectivity index (χ1n) is 5.61. The maximum Gasteiger partial charge on any atom is 0.225 e. The largest absolute Gasteiger partial charge is 0.372 e. The van der Waals surface area contributed by atoms with Gasteiger partial charge in [-0.2, -0.15) is 0 Å². The quantitative estimate of drug-likeness (QED) is 0.636. The van der Waals surface area contributed by atoms with E-state index in [-0.39, 0.29) is 12.2 Å². The molecule has 1 amide bonds. The lowest BCUT2D eigenvalue weighted by Crippen LogP contribution is -2.50. The fourth-order valence-electron chi connectivity index (χ4n) is 2.27. The van der Waals surface area contributed by atoms with Crippen LogP contribution in [-0.2, 0) is 9.53 Å². The Morgan fingerprint density at radius 3 is 2.21 bits per heavy atom. The van der Waals surface area contributed by atoms with Crippen molar-refractivity contribution in [3.05, 3.63) is 0 Å². The Morgan fingerprint density at radius 2 is 1.79 bits per heavy atom. The molecule has 3 heteroatoms. The summed E-state index contributed by atoms with van der Waals surface area (Å²) < 4.78 is 5.60. The van der Waals surface area contributed by atoms with Crippen LogP contribution in [-0.4, -0.2) is 36.1 Å². The number of carbonyl (C=O) groups is 1. The molecule has 1 saturated carbocycles. The standard InChI is InChI=1S/C11H19NO2/c1-8-6-12(7-9(2)14-8)11(13)10-4-3-5-10/h8-10H,3-7H2,1-2H3. The Labute approximate surface area is 85.4 Å². The maximum atomic E-state index is 11.9. The Morgan fingerprint density at radius 1 is 1.21 bits per heavy atom. The second kappa shape index (κ2) is 3.89. The first-order valence-corrected chi connectivity index (χ1v) is 5.61. The predicted molar refractivity (Wildman–Crippen MR) is 53.9 cm³/mol. The van der Waals surface area contributed by atoms with Gasteiger partial charge in [0, 0.05) is 19.0 Å². The number of morpholine rings is 1. The van der Waals surface area contributed by atoms with Gasteiger partial charge in [0.15, 0.2) is 0 Å². The van der Waals surface area contributed by atoms with Crippen molar-refractivity contribution in [1.82, 2.24) is 4.90 Å². The smallest absolute Gasteiger partial charge is 0.225 e. The van der Waals surface area contributed by atoms with E-state index in [2.05, 4.69) is 0 Å². The van der Waals surface area contributed by atoms with Gasteiger partial charge in [-0.3, -0.25) is 4.79 Å². The molecule has 0 aromatic heterocycles. The number of rotatable bonds is 1. The zero-order valence-corrected chi connectivity index (χ0v) is 9.03. The first kappa shape index (κ1) is 9.97. The lowest BCUT2D eigenvalue weighted by Gasteiger charge is -2.38. The van der Waals surface area contributed by atoms with E-state index in [1.807, 2.05) is 18.7 Å². The molecular weight excluding hydrogens is 178 g/mol. The van der Waals surface area contributed by atoms with Crippen molar-refractivity contribution in [2.45, 2.75) is 45.3 Å². The van der Waals surface area contributed by atoms with E-state index in [9.17, 15) is 4.79 Å². The van der Waals surface area contributed by atoms with Gasteiger partial charge in [0.1, 0.15) is 0 Å². The van der Waals surface area contributed by atoms with Gasteiger partial charge in [-0.15, -0.1) is 0 Å². The van der Waals surface area contributed by atoms with Crippen molar-refractivity contribution in [3.63, 3.8) is 0 Å². The van der Waals surface area contributed by atoms with Gasteiger partial charge >= 0.3 is 0 Å². The summed E-state index contributed by atoms with van der Waals surface area (Å²) in [5, 5.41) is 0. The third-order valence-corrected chi connectivity index (χ3v) is 3.19. The number of hydrogen-bond acceptors (Lipinski definition) is 2. The van der Waals surface area contributed by atoms with Crippen molar-refractivity contribution in [2.24, 2.45) is 5.92 Å². The highest BCUT2D eigenvalue weighted by Gasteiger charge is 2.33. The molecule has 0 bridgehead atoms. The molecule has 0 spiro atoms. The van der Waals surface area contributed by atoms with Gasteiger partial charge in [0.25, 0.3) is 0 Å². The summed E-state index contributed by atoms with van der Waals surface area (Å²) in [5.74, 6) is 0.686. The number of carbonyl (C=O) groups excluding carboxylic acids is 1. The molecule has 2 atom stereocenters. The molecule has 14 heavy (non-hydrogen) atoms. The fraction of sp³-hybridized carbons (Fsp3) is 0.909. The van der Waals surface area contributed by atoms with E-state index in [1.54, 1.807) is 0 Å². The summed E-state index contributed by atoms with van der Waals surface area (Å²) in [6.45, 7) is 5.63. The third kappa shape index (κ3) is 1.92. The van der Waals surface area contributed by atoms with Gasteiger partial charge in [0.05, 0.1) is 12.2 Å². The molecule has 2 unspecified atom stereocenters. The van der Waals surface area contributed by atoms with Crippen LogP contribution in [0.5, 0.6) is 0 Å². The topological polar surface area (TPSA) is 29.5 Å². The van der Waals surface area contributed by atoms with Crippen molar-refractivity contribution in [2.75, 3.05) is 13.1 Å². The van der Waals surface area contributed by atoms with Crippen molar-refractivity contribution in [1.29, 1.82) is 0 Å². The van der Waals surface area contributed by atoms with E-state index in [0.717, 1.165) is 25.9 Å². The average Bonchev–Trinajstić information content (AvgIpc) is 1.98. The van der Waals surface area contributed by atoms with Gasteiger partial charge in [0.2, 0.25) is 5.91 Å². The van der Waals surface area contributed by atoms with Crippen LogP contribution in [0.4, 0.5) is 0 Å². The third-order valence-electron chi connectivity index (χ3n) is 3.19.